The average Bonchev–Trinajstić information content (AvgIpc) is 3.50. The predicted octanol–water partition coefficient (Wildman–Crippen LogP) is 3.88. The van der Waals surface area contributed by atoms with Crippen molar-refractivity contribution >= 4 is 17.5 Å². The van der Waals surface area contributed by atoms with Gasteiger partial charge in [-0.2, -0.15) is 0 Å². The Morgan fingerprint density at radius 1 is 0.929 bits per heavy atom. The van der Waals surface area contributed by atoms with Gasteiger partial charge in [0.15, 0.2) is 0 Å². The fraction of sp³-hybridized carbons (Fsp3) is 0.391. The first-order valence-corrected chi connectivity index (χ1v) is 9.97. The van der Waals surface area contributed by atoms with Crippen molar-refractivity contribution in [3.05, 3.63) is 65.0 Å². The molecule has 0 saturated heterocycles. The molecule has 4 nitrogen and oxygen atoms in total. The van der Waals surface area contributed by atoms with E-state index in [2.05, 4.69) is 24.5 Å². The molecule has 148 valence electrons. The van der Waals surface area contributed by atoms with Crippen LogP contribution in [0.15, 0.2) is 42.5 Å². The minimum atomic E-state index is -0.292. The van der Waals surface area contributed by atoms with E-state index in [0.29, 0.717) is 24.9 Å². The van der Waals surface area contributed by atoms with E-state index in [0.717, 1.165) is 29.7 Å². The summed E-state index contributed by atoms with van der Waals surface area (Å²) >= 11 is 0. The van der Waals surface area contributed by atoms with Crippen molar-refractivity contribution in [1.29, 1.82) is 0 Å². The summed E-state index contributed by atoms with van der Waals surface area (Å²) in [5, 5.41) is 5.88. The van der Waals surface area contributed by atoms with Gasteiger partial charge in [0, 0.05) is 12.2 Å². The Balaban J connectivity index is 1.52. The fourth-order valence-electron chi connectivity index (χ4n) is 3.55. The lowest BCUT2D eigenvalue weighted by Crippen LogP contribution is -2.29. The second kappa shape index (κ2) is 9.00. The van der Waals surface area contributed by atoms with Crippen LogP contribution in [-0.2, 0) is 28.9 Å². The Morgan fingerprint density at radius 2 is 1.54 bits per heavy atom. The third-order valence-corrected chi connectivity index (χ3v) is 5.36. The minimum Gasteiger partial charge on any atom is -0.356 e. The highest BCUT2D eigenvalue weighted by Crippen LogP contribution is 2.40. The van der Waals surface area contributed by atoms with Crippen molar-refractivity contribution in [2.24, 2.45) is 11.8 Å². The molecule has 2 aromatic rings. The van der Waals surface area contributed by atoms with Crippen LogP contribution >= 0.6 is 0 Å². The second-order valence-corrected chi connectivity index (χ2v) is 7.23. The standard InChI is InChI=1S/C23H27FN2O2/c1-3-15-9-7-10-16(4-2)21(15)26-23(28)19-14-18(19)22(27)25-13-12-17-8-5-6-11-20(17)24/h5-11,18-19H,3-4,12-14H2,1-2H3,(H,25,27)(H,26,28). The molecule has 0 bridgehead atoms. The van der Waals surface area contributed by atoms with Crippen LogP contribution in [0.25, 0.3) is 0 Å². The first kappa shape index (κ1) is 20.1. The van der Waals surface area contributed by atoms with Crippen molar-refractivity contribution in [3.63, 3.8) is 0 Å². The van der Waals surface area contributed by atoms with Crippen LogP contribution in [0.4, 0.5) is 10.1 Å². The van der Waals surface area contributed by atoms with E-state index in [-0.39, 0.29) is 29.5 Å². The van der Waals surface area contributed by atoms with Crippen LogP contribution in [-0.4, -0.2) is 18.4 Å². The topological polar surface area (TPSA) is 58.2 Å². The van der Waals surface area contributed by atoms with Crippen LogP contribution in [0.5, 0.6) is 0 Å². The summed E-state index contributed by atoms with van der Waals surface area (Å²) in [4.78, 5) is 24.9. The van der Waals surface area contributed by atoms with Gasteiger partial charge in [0.25, 0.3) is 0 Å². The molecule has 2 aromatic carbocycles. The second-order valence-electron chi connectivity index (χ2n) is 7.23. The number of carbonyl (C=O) groups excluding carboxylic acids is 2. The Morgan fingerprint density at radius 3 is 2.18 bits per heavy atom. The molecule has 1 aliphatic rings. The van der Waals surface area contributed by atoms with E-state index in [1.54, 1.807) is 18.2 Å². The molecule has 2 N–H and O–H groups in total. The summed E-state index contributed by atoms with van der Waals surface area (Å²) < 4.78 is 13.6. The first-order chi connectivity index (χ1) is 13.5. The van der Waals surface area contributed by atoms with Gasteiger partial charge in [0.2, 0.25) is 11.8 Å². The van der Waals surface area contributed by atoms with Gasteiger partial charge < -0.3 is 10.6 Å². The van der Waals surface area contributed by atoms with Gasteiger partial charge in [-0.25, -0.2) is 4.39 Å². The van der Waals surface area contributed by atoms with Crippen molar-refractivity contribution in [2.45, 2.75) is 39.5 Å². The van der Waals surface area contributed by atoms with Crippen LogP contribution in [0.2, 0.25) is 0 Å². The smallest absolute Gasteiger partial charge is 0.228 e. The Hall–Kier alpha value is -2.69. The van der Waals surface area contributed by atoms with Crippen LogP contribution in [0.1, 0.15) is 37.0 Å². The number of nitrogens with one attached hydrogen (secondary N) is 2. The summed E-state index contributed by atoms with van der Waals surface area (Å²) in [6, 6.07) is 12.6. The van der Waals surface area contributed by atoms with Crippen molar-refractivity contribution in [1.82, 2.24) is 5.32 Å². The third-order valence-electron chi connectivity index (χ3n) is 5.36. The third kappa shape index (κ3) is 4.58. The number of benzene rings is 2. The van der Waals surface area contributed by atoms with E-state index in [9.17, 15) is 14.0 Å². The lowest BCUT2D eigenvalue weighted by Gasteiger charge is -2.14. The van der Waals surface area contributed by atoms with Gasteiger partial charge in [0.05, 0.1) is 11.8 Å². The van der Waals surface area contributed by atoms with Crippen molar-refractivity contribution in [3.8, 4) is 0 Å². The Kier molecular flexibility index (Phi) is 6.45. The van der Waals surface area contributed by atoms with Crippen LogP contribution < -0.4 is 10.6 Å². The van der Waals surface area contributed by atoms with Crippen LogP contribution in [0, 0.1) is 17.7 Å². The number of halogens is 1. The van der Waals surface area contributed by atoms with Gasteiger partial charge in [-0.1, -0.05) is 50.2 Å². The Labute approximate surface area is 165 Å². The zero-order valence-electron chi connectivity index (χ0n) is 16.4. The maximum atomic E-state index is 13.6. The molecule has 1 saturated carbocycles. The number of aryl methyl sites for hydroxylation is 2. The van der Waals surface area contributed by atoms with E-state index in [1.807, 2.05) is 18.2 Å². The van der Waals surface area contributed by atoms with E-state index in [1.165, 1.54) is 6.07 Å². The highest BCUT2D eigenvalue weighted by molar-refractivity contribution is 6.00. The first-order valence-electron chi connectivity index (χ1n) is 9.97. The molecule has 0 aliphatic heterocycles. The van der Waals surface area contributed by atoms with Gasteiger partial charge in [-0.15, -0.1) is 0 Å². The lowest BCUT2D eigenvalue weighted by atomic mass is 10.0. The molecule has 1 fully saturated rings. The van der Waals surface area contributed by atoms with E-state index in [4.69, 9.17) is 0 Å². The molecular formula is C23H27FN2O2. The minimum absolute atomic E-state index is 0.0927. The molecule has 0 radical (unpaired) electrons. The van der Waals surface area contributed by atoms with Crippen molar-refractivity contribution in [2.75, 3.05) is 11.9 Å². The highest BCUT2D eigenvalue weighted by atomic mass is 19.1. The molecule has 1 aliphatic carbocycles. The quantitative estimate of drug-likeness (QED) is 0.728. The van der Waals surface area contributed by atoms with Gasteiger partial charge in [0.1, 0.15) is 5.82 Å². The monoisotopic (exact) mass is 382 g/mol. The number of para-hydroxylation sites is 1. The van der Waals surface area contributed by atoms with Crippen LogP contribution in [0.3, 0.4) is 0 Å². The molecule has 0 heterocycles. The number of rotatable bonds is 8. The molecule has 2 atom stereocenters. The maximum Gasteiger partial charge on any atom is 0.228 e. The fourth-order valence-corrected chi connectivity index (χ4v) is 3.55. The van der Waals surface area contributed by atoms with E-state index >= 15 is 0 Å². The number of anilines is 1. The zero-order chi connectivity index (χ0) is 20.1. The average molecular weight is 382 g/mol. The molecule has 0 aromatic heterocycles. The number of amides is 2. The lowest BCUT2D eigenvalue weighted by molar-refractivity contribution is -0.125. The molecule has 2 amide bonds. The molecule has 28 heavy (non-hydrogen) atoms. The SMILES string of the molecule is CCc1cccc(CC)c1NC(=O)C1CC1C(=O)NCCc1ccccc1F. The summed E-state index contributed by atoms with van der Waals surface area (Å²) in [5.74, 6) is -1.06. The van der Waals surface area contributed by atoms with E-state index < -0.39 is 0 Å². The summed E-state index contributed by atoms with van der Waals surface area (Å²) in [6.45, 7) is 4.49. The summed E-state index contributed by atoms with van der Waals surface area (Å²) in [6.07, 6.45) is 2.68. The summed E-state index contributed by atoms with van der Waals surface area (Å²) in [5.41, 5.74) is 3.69. The molecule has 0 spiro atoms. The predicted molar refractivity (Wildman–Crippen MR) is 109 cm³/mol. The summed E-state index contributed by atoms with van der Waals surface area (Å²) in [7, 11) is 0. The van der Waals surface area contributed by atoms with Gasteiger partial charge in [-0.3, -0.25) is 9.59 Å². The van der Waals surface area contributed by atoms with Gasteiger partial charge in [-0.05, 0) is 48.4 Å². The molecule has 3 rings (SSSR count). The maximum absolute atomic E-state index is 13.6. The van der Waals surface area contributed by atoms with Gasteiger partial charge >= 0.3 is 0 Å². The molecular weight excluding hydrogens is 355 g/mol. The largest absolute Gasteiger partial charge is 0.356 e. The number of hydrogen-bond donors (Lipinski definition) is 2. The Bertz CT molecular complexity index is 843. The number of hydrogen-bond acceptors (Lipinski definition) is 2. The highest BCUT2D eigenvalue weighted by Gasteiger charge is 2.48. The number of carbonyl (C=O) groups is 2. The van der Waals surface area contributed by atoms with Crippen molar-refractivity contribution < 1.29 is 14.0 Å². The molecule has 2 unspecified atom stereocenters. The normalized spacial score (nSPS) is 17.8. The zero-order valence-corrected chi connectivity index (χ0v) is 16.4. The molecule has 5 heteroatoms.